The highest BCUT2D eigenvalue weighted by atomic mass is 35.5. The number of carbonyl (C=O) groups is 1. The van der Waals surface area contributed by atoms with E-state index in [-0.39, 0.29) is 12.5 Å². The van der Waals surface area contributed by atoms with E-state index in [1.54, 1.807) is 11.1 Å². The number of anilines is 2. The summed E-state index contributed by atoms with van der Waals surface area (Å²) in [5.41, 5.74) is 0. The van der Waals surface area contributed by atoms with Crippen LogP contribution in [0.15, 0.2) is 6.20 Å². The van der Waals surface area contributed by atoms with Crippen LogP contribution in [0.1, 0.15) is 19.8 Å². The number of hydrogen-bond donors (Lipinski definition) is 1. The maximum atomic E-state index is 12.1. The van der Waals surface area contributed by atoms with Crippen molar-refractivity contribution in [1.29, 1.82) is 0 Å². The summed E-state index contributed by atoms with van der Waals surface area (Å²) in [6, 6.07) is 0. The van der Waals surface area contributed by atoms with Crippen molar-refractivity contribution in [2.45, 2.75) is 19.8 Å². The van der Waals surface area contributed by atoms with Gasteiger partial charge in [0.1, 0.15) is 5.02 Å². The van der Waals surface area contributed by atoms with Crippen LogP contribution in [0.4, 0.5) is 11.8 Å². The van der Waals surface area contributed by atoms with Crippen LogP contribution in [-0.4, -0.2) is 54.0 Å². The number of likely N-dealkylation sites (N-methyl/N-ethyl adjacent to an activating group) is 1. The van der Waals surface area contributed by atoms with E-state index in [0.717, 1.165) is 32.5 Å². The van der Waals surface area contributed by atoms with E-state index in [2.05, 4.69) is 15.3 Å². The van der Waals surface area contributed by atoms with Gasteiger partial charge >= 0.3 is 0 Å². The minimum absolute atomic E-state index is 0.115. The molecule has 1 aromatic heterocycles. The Bertz CT molecular complexity index is 476. The zero-order valence-corrected chi connectivity index (χ0v) is 12.7. The first-order chi connectivity index (χ1) is 9.61. The molecular weight excluding hydrogens is 278 g/mol. The van der Waals surface area contributed by atoms with Crippen LogP contribution in [0, 0.1) is 0 Å². The molecule has 1 fully saturated rings. The Morgan fingerprint density at radius 1 is 1.50 bits per heavy atom. The number of carbonyl (C=O) groups excluding carboxylic acids is 1. The Hall–Kier alpha value is -1.56. The minimum Gasteiger partial charge on any atom is -0.354 e. The molecule has 20 heavy (non-hydrogen) atoms. The molecule has 110 valence electrons. The average Bonchev–Trinajstić information content (AvgIpc) is 2.95. The first kappa shape index (κ1) is 14.8. The van der Waals surface area contributed by atoms with Crippen molar-refractivity contribution in [3.05, 3.63) is 11.2 Å². The van der Waals surface area contributed by atoms with Crippen molar-refractivity contribution in [2.75, 3.05) is 43.4 Å². The van der Waals surface area contributed by atoms with Gasteiger partial charge in [-0.05, 0) is 19.8 Å². The largest absolute Gasteiger partial charge is 0.354 e. The first-order valence-corrected chi connectivity index (χ1v) is 7.25. The zero-order valence-electron chi connectivity index (χ0n) is 11.9. The minimum atomic E-state index is 0.115. The molecule has 1 saturated heterocycles. The van der Waals surface area contributed by atoms with Gasteiger partial charge in [-0.3, -0.25) is 4.79 Å². The van der Waals surface area contributed by atoms with E-state index in [1.165, 1.54) is 0 Å². The predicted molar refractivity (Wildman–Crippen MR) is 80.3 cm³/mol. The van der Waals surface area contributed by atoms with Crippen LogP contribution in [0.25, 0.3) is 0 Å². The fourth-order valence-electron chi connectivity index (χ4n) is 2.21. The number of nitrogens with zero attached hydrogens (tertiary/aromatic N) is 4. The summed E-state index contributed by atoms with van der Waals surface area (Å²) >= 11 is 6.12. The maximum Gasteiger partial charge on any atom is 0.242 e. The zero-order chi connectivity index (χ0) is 14.5. The monoisotopic (exact) mass is 297 g/mol. The van der Waals surface area contributed by atoms with E-state index >= 15 is 0 Å². The Morgan fingerprint density at radius 2 is 2.20 bits per heavy atom. The average molecular weight is 298 g/mol. The summed E-state index contributed by atoms with van der Waals surface area (Å²) in [5.74, 6) is 1.21. The molecular formula is C13H20ClN5O. The highest BCUT2D eigenvalue weighted by molar-refractivity contribution is 6.32. The fourth-order valence-corrected chi connectivity index (χ4v) is 2.45. The highest BCUT2D eigenvalue weighted by Crippen LogP contribution is 2.23. The molecule has 2 rings (SSSR count). The molecule has 1 N–H and O–H groups in total. The molecule has 0 aromatic carbocycles. The molecule has 6 nitrogen and oxygen atoms in total. The Kier molecular flexibility index (Phi) is 5.00. The van der Waals surface area contributed by atoms with Crippen LogP contribution in [0.3, 0.4) is 0 Å². The smallest absolute Gasteiger partial charge is 0.242 e. The third kappa shape index (κ3) is 3.50. The second-order valence-corrected chi connectivity index (χ2v) is 5.25. The molecule has 0 aliphatic carbocycles. The summed E-state index contributed by atoms with van der Waals surface area (Å²) in [6.45, 7) is 4.69. The van der Waals surface area contributed by atoms with Crippen LogP contribution in [0.5, 0.6) is 0 Å². The first-order valence-electron chi connectivity index (χ1n) is 6.87. The lowest BCUT2D eigenvalue weighted by atomic mass is 10.4. The van der Waals surface area contributed by atoms with Crippen molar-refractivity contribution in [2.24, 2.45) is 0 Å². The maximum absolute atomic E-state index is 12.1. The molecule has 1 aliphatic heterocycles. The number of hydrogen-bond acceptors (Lipinski definition) is 5. The van der Waals surface area contributed by atoms with Gasteiger partial charge in [0.05, 0.1) is 12.7 Å². The summed E-state index contributed by atoms with van der Waals surface area (Å²) in [4.78, 5) is 24.2. The van der Waals surface area contributed by atoms with Crippen LogP contribution < -0.4 is 10.2 Å². The van der Waals surface area contributed by atoms with Crippen LogP contribution in [0.2, 0.25) is 5.02 Å². The van der Waals surface area contributed by atoms with E-state index in [1.807, 2.05) is 18.9 Å². The van der Waals surface area contributed by atoms with Gasteiger partial charge in [-0.15, -0.1) is 0 Å². The number of nitrogens with one attached hydrogen (secondary N) is 1. The lowest BCUT2D eigenvalue weighted by molar-refractivity contribution is -0.128. The van der Waals surface area contributed by atoms with Gasteiger partial charge in [-0.2, -0.15) is 4.98 Å². The van der Waals surface area contributed by atoms with Gasteiger partial charge < -0.3 is 15.1 Å². The van der Waals surface area contributed by atoms with Gasteiger partial charge in [0.2, 0.25) is 11.9 Å². The van der Waals surface area contributed by atoms with E-state index in [0.29, 0.717) is 16.8 Å². The van der Waals surface area contributed by atoms with Gasteiger partial charge in [0.15, 0.2) is 5.82 Å². The molecule has 0 spiro atoms. The number of amides is 1. The SMILES string of the molecule is CCNc1ncc(Cl)c(N(C)CC(=O)N2CCCC2)n1. The van der Waals surface area contributed by atoms with E-state index in [4.69, 9.17) is 11.6 Å². The molecule has 1 amide bonds. The summed E-state index contributed by atoms with van der Waals surface area (Å²) in [6.07, 6.45) is 3.74. The van der Waals surface area contributed by atoms with Gasteiger partial charge in [-0.1, -0.05) is 11.6 Å². The molecule has 1 aliphatic rings. The molecule has 0 radical (unpaired) electrons. The van der Waals surface area contributed by atoms with Crippen LogP contribution >= 0.6 is 11.6 Å². The van der Waals surface area contributed by atoms with E-state index in [9.17, 15) is 4.79 Å². The second-order valence-electron chi connectivity index (χ2n) is 4.84. The number of likely N-dealkylation sites (tertiary alicyclic amines) is 1. The van der Waals surface area contributed by atoms with Crippen molar-refractivity contribution in [3.8, 4) is 0 Å². The van der Waals surface area contributed by atoms with Crippen molar-refractivity contribution in [3.63, 3.8) is 0 Å². The van der Waals surface area contributed by atoms with Crippen molar-refractivity contribution in [1.82, 2.24) is 14.9 Å². The summed E-state index contributed by atoms with van der Waals surface area (Å²) < 4.78 is 0. The topological polar surface area (TPSA) is 61.4 Å². The van der Waals surface area contributed by atoms with E-state index < -0.39 is 0 Å². The Labute approximate surface area is 124 Å². The number of halogens is 1. The molecule has 0 atom stereocenters. The summed E-state index contributed by atoms with van der Waals surface area (Å²) in [5, 5.41) is 3.48. The fraction of sp³-hybridized carbons (Fsp3) is 0.615. The Balaban J connectivity index is 2.05. The van der Waals surface area contributed by atoms with Crippen molar-refractivity contribution < 1.29 is 4.79 Å². The predicted octanol–water partition coefficient (Wildman–Crippen LogP) is 1.62. The number of aromatic nitrogens is 2. The molecule has 1 aromatic rings. The molecule has 7 heteroatoms. The second kappa shape index (κ2) is 6.74. The number of rotatable bonds is 5. The standard InChI is InChI=1S/C13H20ClN5O/c1-3-15-13-16-8-10(14)12(17-13)18(2)9-11(20)19-6-4-5-7-19/h8H,3-7,9H2,1-2H3,(H,15,16,17). The normalized spacial score (nSPS) is 14.4. The Morgan fingerprint density at radius 3 is 2.85 bits per heavy atom. The molecule has 2 heterocycles. The van der Waals surface area contributed by atoms with Crippen molar-refractivity contribution >= 4 is 29.3 Å². The highest BCUT2D eigenvalue weighted by Gasteiger charge is 2.20. The lowest BCUT2D eigenvalue weighted by Crippen LogP contribution is -2.37. The quantitative estimate of drug-likeness (QED) is 0.895. The van der Waals surface area contributed by atoms with Gasteiger partial charge in [0, 0.05) is 26.7 Å². The lowest BCUT2D eigenvalue weighted by Gasteiger charge is -2.22. The van der Waals surface area contributed by atoms with Crippen LogP contribution in [-0.2, 0) is 4.79 Å². The third-order valence-corrected chi connectivity index (χ3v) is 3.52. The van der Waals surface area contributed by atoms with Gasteiger partial charge in [-0.25, -0.2) is 4.98 Å². The third-order valence-electron chi connectivity index (χ3n) is 3.25. The molecule has 0 saturated carbocycles. The summed E-state index contributed by atoms with van der Waals surface area (Å²) in [7, 11) is 1.82. The molecule has 0 unspecified atom stereocenters. The van der Waals surface area contributed by atoms with Gasteiger partial charge in [0.25, 0.3) is 0 Å². The molecule has 0 bridgehead atoms.